The van der Waals surface area contributed by atoms with Gasteiger partial charge in [-0.25, -0.2) is 4.79 Å². The standard InChI is InChI=1S/C22H25NO3/c1-17-7-9-20(10-8-17)22(25)26-16-21(24)23-13-11-19(12-14-23)15-18-5-3-2-4-6-18/h2-10,19H,11-16H2,1H3. The zero-order chi connectivity index (χ0) is 18.4. The number of hydrogen-bond donors (Lipinski definition) is 0. The third kappa shape index (κ3) is 4.94. The molecule has 1 heterocycles. The Bertz CT molecular complexity index is 732. The molecular weight excluding hydrogens is 326 g/mol. The first-order valence-electron chi connectivity index (χ1n) is 9.17. The van der Waals surface area contributed by atoms with Crippen LogP contribution in [0, 0.1) is 12.8 Å². The van der Waals surface area contributed by atoms with Gasteiger partial charge in [-0.05, 0) is 49.8 Å². The fourth-order valence-electron chi connectivity index (χ4n) is 3.33. The minimum absolute atomic E-state index is 0.108. The molecule has 0 N–H and O–H groups in total. The Kier molecular flexibility index (Phi) is 6.05. The number of carbonyl (C=O) groups is 2. The lowest BCUT2D eigenvalue weighted by Gasteiger charge is -2.32. The summed E-state index contributed by atoms with van der Waals surface area (Å²) in [7, 11) is 0. The van der Waals surface area contributed by atoms with Crippen LogP contribution < -0.4 is 0 Å². The van der Waals surface area contributed by atoms with Crippen molar-refractivity contribution in [2.24, 2.45) is 5.92 Å². The van der Waals surface area contributed by atoms with Gasteiger partial charge < -0.3 is 9.64 Å². The molecule has 0 unspecified atom stereocenters. The zero-order valence-corrected chi connectivity index (χ0v) is 15.2. The van der Waals surface area contributed by atoms with Gasteiger partial charge in [0, 0.05) is 13.1 Å². The lowest BCUT2D eigenvalue weighted by atomic mass is 9.90. The number of nitrogens with zero attached hydrogens (tertiary/aromatic N) is 1. The van der Waals surface area contributed by atoms with Gasteiger partial charge in [0.15, 0.2) is 6.61 Å². The van der Waals surface area contributed by atoms with Crippen molar-refractivity contribution < 1.29 is 14.3 Å². The fourth-order valence-corrected chi connectivity index (χ4v) is 3.33. The summed E-state index contributed by atoms with van der Waals surface area (Å²) in [5.74, 6) is 0.0532. The van der Waals surface area contributed by atoms with Crippen molar-refractivity contribution in [2.75, 3.05) is 19.7 Å². The molecule has 4 nitrogen and oxygen atoms in total. The van der Waals surface area contributed by atoms with Crippen LogP contribution in [0.25, 0.3) is 0 Å². The minimum atomic E-state index is -0.447. The Morgan fingerprint density at radius 2 is 1.65 bits per heavy atom. The van der Waals surface area contributed by atoms with Crippen LogP contribution in [-0.4, -0.2) is 36.5 Å². The zero-order valence-electron chi connectivity index (χ0n) is 15.2. The third-order valence-electron chi connectivity index (χ3n) is 4.95. The van der Waals surface area contributed by atoms with Crippen LogP contribution in [0.15, 0.2) is 54.6 Å². The number of likely N-dealkylation sites (tertiary alicyclic amines) is 1. The number of hydrogen-bond acceptors (Lipinski definition) is 3. The maximum Gasteiger partial charge on any atom is 0.338 e. The maximum absolute atomic E-state index is 12.3. The van der Waals surface area contributed by atoms with Crippen molar-refractivity contribution in [3.8, 4) is 0 Å². The first-order valence-corrected chi connectivity index (χ1v) is 9.17. The number of aryl methyl sites for hydroxylation is 1. The molecule has 2 aromatic rings. The van der Waals surface area contributed by atoms with Crippen LogP contribution >= 0.6 is 0 Å². The Labute approximate surface area is 154 Å². The van der Waals surface area contributed by atoms with E-state index >= 15 is 0 Å². The Balaban J connectivity index is 1.42. The number of piperidine rings is 1. The molecular formula is C22H25NO3. The summed E-state index contributed by atoms with van der Waals surface area (Å²) in [6, 6.07) is 17.6. The van der Waals surface area contributed by atoms with E-state index in [1.807, 2.05) is 30.0 Å². The Morgan fingerprint density at radius 1 is 1.00 bits per heavy atom. The second-order valence-corrected chi connectivity index (χ2v) is 6.96. The molecule has 0 radical (unpaired) electrons. The fraction of sp³-hybridized carbons (Fsp3) is 0.364. The molecule has 0 aromatic heterocycles. The highest BCUT2D eigenvalue weighted by molar-refractivity contribution is 5.91. The van der Waals surface area contributed by atoms with E-state index in [9.17, 15) is 9.59 Å². The largest absolute Gasteiger partial charge is 0.452 e. The van der Waals surface area contributed by atoms with Gasteiger partial charge in [-0.15, -0.1) is 0 Å². The smallest absolute Gasteiger partial charge is 0.338 e. The first-order chi connectivity index (χ1) is 12.6. The van der Waals surface area contributed by atoms with Crippen LogP contribution in [0.5, 0.6) is 0 Å². The molecule has 0 saturated carbocycles. The number of carbonyl (C=O) groups excluding carboxylic acids is 2. The van der Waals surface area contributed by atoms with Crippen LogP contribution in [-0.2, 0) is 16.0 Å². The number of rotatable bonds is 5. The summed E-state index contributed by atoms with van der Waals surface area (Å²) < 4.78 is 5.18. The number of esters is 1. The molecule has 0 bridgehead atoms. The van der Waals surface area contributed by atoms with Gasteiger partial charge in [0.25, 0.3) is 5.91 Å². The van der Waals surface area contributed by atoms with E-state index in [0.717, 1.165) is 37.9 Å². The van der Waals surface area contributed by atoms with Gasteiger partial charge in [0.2, 0.25) is 0 Å². The normalized spacial score (nSPS) is 14.9. The Hall–Kier alpha value is -2.62. The SMILES string of the molecule is Cc1ccc(C(=O)OCC(=O)N2CCC(Cc3ccccc3)CC2)cc1. The molecule has 4 heteroatoms. The van der Waals surface area contributed by atoms with E-state index in [2.05, 4.69) is 24.3 Å². The lowest BCUT2D eigenvalue weighted by Crippen LogP contribution is -2.41. The molecule has 1 aliphatic rings. The number of amides is 1. The molecule has 1 saturated heterocycles. The quantitative estimate of drug-likeness (QED) is 0.773. The van der Waals surface area contributed by atoms with E-state index in [1.54, 1.807) is 12.1 Å². The maximum atomic E-state index is 12.3. The van der Waals surface area contributed by atoms with Gasteiger partial charge in [0.05, 0.1) is 5.56 Å². The average molecular weight is 351 g/mol. The molecule has 3 rings (SSSR count). The summed E-state index contributed by atoms with van der Waals surface area (Å²) in [6.45, 7) is 3.24. The summed E-state index contributed by atoms with van der Waals surface area (Å²) in [4.78, 5) is 26.1. The van der Waals surface area contributed by atoms with E-state index < -0.39 is 5.97 Å². The summed E-state index contributed by atoms with van der Waals surface area (Å²) >= 11 is 0. The highest BCUT2D eigenvalue weighted by Gasteiger charge is 2.23. The average Bonchev–Trinajstić information content (AvgIpc) is 2.68. The van der Waals surface area contributed by atoms with E-state index in [4.69, 9.17) is 4.74 Å². The van der Waals surface area contributed by atoms with Crippen molar-refractivity contribution in [1.29, 1.82) is 0 Å². The predicted molar refractivity (Wildman–Crippen MR) is 101 cm³/mol. The molecule has 1 aliphatic heterocycles. The topological polar surface area (TPSA) is 46.6 Å². The van der Waals surface area contributed by atoms with Gasteiger partial charge in [-0.1, -0.05) is 48.0 Å². The first kappa shape index (κ1) is 18.2. The third-order valence-corrected chi connectivity index (χ3v) is 4.95. The van der Waals surface area contributed by atoms with Crippen molar-refractivity contribution in [3.63, 3.8) is 0 Å². The van der Waals surface area contributed by atoms with Crippen molar-refractivity contribution in [1.82, 2.24) is 4.90 Å². The Morgan fingerprint density at radius 3 is 2.31 bits per heavy atom. The van der Waals surface area contributed by atoms with E-state index in [-0.39, 0.29) is 12.5 Å². The monoisotopic (exact) mass is 351 g/mol. The molecule has 0 aliphatic carbocycles. The minimum Gasteiger partial charge on any atom is -0.452 e. The summed E-state index contributed by atoms with van der Waals surface area (Å²) in [6.07, 6.45) is 3.05. The number of benzene rings is 2. The second-order valence-electron chi connectivity index (χ2n) is 6.96. The van der Waals surface area contributed by atoms with Crippen LogP contribution in [0.1, 0.15) is 34.3 Å². The van der Waals surface area contributed by atoms with Gasteiger partial charge in [0.1, 0.15) is 0 Å². The van der Waals surface area contributed by atoms with Crippen molar-refractivity contribution >= 4 is 11.9 Å². The molecule has 0 atom stereocenters. The molecule has 2 aromatic carbocycles. The van der Waals surface area contributed by atoms with Crippen LogP contribution in [0.2, 0.25) is 0 Å². The van der Waals surface area contributed by atoms with Crippen molar-refractivity contribution in [3.05, 3.63) is 71.3 Å². The summed E-state index contributed by atoms with van der Waals surface area (Å²) in [5, 5.41) is 0. The molecule has 1 amide bonds. The lowest BCUT2D eigenvalue weighted by molar-refractivity contribution is -0.135. The van der Waals surface area contributed by atoms with Crippen LogP contribution in [0.4, 0.5) is 0 Å². The van der Waals surface area contributed by atoms with Gasteiger partial charge >= 0.3 is 5.97 Å². The predicted octanol–water partition coefficient (Wildman–Crippen LogP) is 3.63. The number of ether oxygens (including phenoxy) is 1. The molecule has 1 fully saturated rings. The van der Waals surface area contributed by atoms with Crippen molar-refractivity contribution in [2.45, 2.75) is 26.2 Å². The molecule has 26 heavy (non-hydrogen) atoms. The van der Waals surface area contributed by atoms with Gasteiger partial charge in [-0.2, -0.15) is 0 Å². The molecule has 136 valence electrons. The highest BCUT2D eigenvalue weighted by Crippen LogP contribution is 2.21. The highest BCUT2D eigenvalue weighted by atomic mass is 16.5. The summed E-state index contributed by atoms with van der Waals surface area (Å²) in [5.41, 5.74) is 2.91. The second kappa shape index (κ2) is 8.65. The van der Waals surface area contributed by atoms with Gasteiger partial charge in [-0.3, -0.25) is 4.79 Å². The molecule has 0 spiro atoms. The van der Waals surface area contributed by atoms with E-state index in [0.29, 0.717) is 11.5 Å². The van der Waals surface area contributed by atoms with Crippen LogP contribution in [0.3, 0.4) is 0 Å². The van der Waals surface area contributed by atoms with E-state index in [1.165, 1.54) is 5.56 Å².